The first-order valence-corrected chi connectivity index (χ1v) is 11.7. The molecule has 1 N–H and O–H groups in total. The number of carbonyl (C=O) groups is 1. The zero-order valence-electron chi connectivity index (χ0n) is 17.8. The van der Waals surface area contributed by atoms with Crippen LogP contribution >= 0.6 is 11.6 Å². The van der Waals surface area contributed by atoms with Crippen molar-refractivity contribution in [2.75, 3.05) is 30.4 Å². The summed E-state index contributed by atoms with van der Waals surface area (Å²) in [5.74, 6) is 0.734. The van der Waals surface area contributed by atoms with Gasteiger partial charge in [-0.1, -0.05) is 23.7 Å². The molecule has 1 heterocycles. The summed E-state index contributed by atoms with van der Waals surface area (Å²) in [6.07, 6.45) is -1.09. The number of para-hydroxylation sites is 2. The Kier molecular flexibility index (Phi) is 6.35. The van der Waals surface area contributed by atoms with Crippen molar-refractivity contribution in [3.8, 4) is 17.2 Å². The minimum absolute atomic E-state index is 0.0580. The molecule has 3 aromatic rings. The molecular weight excluding hydrogens is 468 g/mol. The van der Waals surface area contributed by atoms with Crippen molar-refractivity contribution in [1.29, 1.82) is 0 Å². The van der Waals surface area contributed by atoms with Gasteiger partial charge in [-0.2, -0.15) is 0 Å². The van der Waals surface area contributed by atoms with Gasteiger partial charge in [-0.15, -0.1) is 0 Å². The number of nitrogens with zero attached hydrogens (tertiary/aromatic N) is 1. The van der Waals surface area contributed by atoms with Gasteiger partial charge < -0.3 is 19.5 Å². The number of methoxy groups -OCH3 is 2. The molecule has 0 aliphatic carbocycles. The van der Waals surface area contributed by atoms with Crippen molar-refractivity contribution in [2.24, 2.45) is 0 Å². The van der Waals surface area contributed by atoms with Crippen molar-refractivity contribution in [3.05, 3.63) is 71.8 Å². The lowest BCUT2D eigenvalue weighted by Gasteiger charge is -2.34. The monoisotopic (exact) mass is 488 g/mol. The predicted molar refractivity (Wildman–Crippen MR) is 125 cm³/mol. The van der Waals surface area contributed by atoms with Crippen molar-refractivity contribution in [3.63, 3.8) is 0 Å². The molecule has 3 aromatic carbocycles. The molecule has 1 amide bonds. The molecule has 0 aromatic heterocycles. The van der Waals surface area contributed by atoms with Gasteiger partial charge in [0.05, 0.1) is 31.3 Å². The third kappa shape index (κ3) is 4.55. The van der Waals surface area contributed by atoms with Crippen LogP contribution in [0, 0.1) is 0 Å². The third-order valence-corrected chi connectivity index (χ3v) is 7.13. The highest BCUT2D eigenvalue weighted by atomic mass is 35.5. The highest BCUT2D eigenvalue weighted by Crippen LogP contribution is 2.37. The van der Waals surface area contributed by atoms with E-state index in [-0.39, 0.29) is 17.2 Å². The Hall–Kier alpha value is -3.43. The van der Waals surface area contributed by atoms with Crippen LogP contribution in [0.4, 0.5) is 11.4 Å². The molecule has 172 valence electrons. The topological polar surface area (TPSA) is 94.2 Å². The van der Waals surface area contributed by atoms with Crippen molar-refractivity contribution < 1.29 is 27.4 Å². The zero-order chi connectivity index (χ0) is 23.6. The Labute approximate surface area is 196 Å². The highest BCUT2D eigenvalue weighted by molar-refractivity contribution is 7.92. The molecule has 0 saturated carbocycles. The molecule has 1 atom stereocenters. The number of benzene rings is 3. The van der Waals surface area contributed by atoms with Gasteiger partial charge in [0.15, 0.2) is 17.6 Å². The highest BCUT2D eigenvalue weighted by Gasteiger charge is 2.37. The summed E-state index contributed by atoms with van der Waals surface area (Å²) in [7, 11) is -0.970. The molecule has 1 aliphatic heterocycles. The van der Waals surface area contributed by atoms with Gasteiger partial charge in [0, 0.05) is 16.8 Å². The van der Waals surface area contributed by atoms with Gasteiger partial charge in [-0.25, -0.2) is 8.42 Å². The van der Waals surface area contributed by atoms with Crippen LogP contribution in [-0.2, 0) is 14.8 Å². The second-order valence-electron chi connectivity index (χ2n) is 7.12. The number of fused-ring (bicyclic) bond motifs is 1. The molecule has 4 rings (SSSR count). The molecule has 0 radical (unpaired) electrons. The van der Waals surface area contributed by atoms with Crippen LogP contribution in [0.5, 0.6) is 17.2 Å². The Morgan fingerprint density at radius 3 is 2.42 bits per heavy atom. The summed E-state index contributed by atoms with van der Waals surface area (Å²) in [6, 6.07) is 17.4. The van der Waals surface area contributed by atoms with E-state index >= 15 is 0 Å². The summed E-state index contributed by atoms with van der Waals surface area (Å²) in [6.45, 7) is -0.207. The maximum atomic E-state index is 13.4. The van der Waals surface area contributed by atoms with E-state index in [1.807, 2.05) is 0 Å². The van der Waals surface area contributed by atoms with Gasteiger partial charge >= 0.3 is 0 Å². The Balaban J connectivity index is 1.63. The Bertz CT molecular complexity index is 1280. The van der Waals surface area contributed by atoms with Crippen molar-refractivity contribution in [1.82, 2.24) is 0 Å². The van der Waals surface area contributed by atoms with E-state index in [9.17, 15) is 13.2 Å². The molecule has 10 heteroatoms. The summed E-state index contributed by atoms with van der Waals surface area (Å²) in [5, 5.41) is 3.17. The number of nitrogens with one attached hydrogen (secondary N) is 1. The summed E-state index contributed by atoms with van der Waals surface area (Å²) < 4.78 is 44.3. The number of amides is 1. The zero-order valence-corrected chi connectivity index (χ0v) is 19.4. The van der Waals surface area contributed by atoms with Gasteiger partial charge in [0.1, 0.15) is 5.75 Å². The van der Waals surface area contributed by atoms with Crippen LogP contribution in [0.15, 0.2) is 71.6 Å². The second-order valence-corrected chi connectivity index (χ2v) is 9.42. The first kappa shape index (κ1) is 22.8. The average Bonchev–Trinajstić information content (AvgIpc) is 2.83. The van der Waals surface area contributed by atoms with Crippen LogP contribution in [-0.4, -0.2) is 41.2 Å². The molecule has 0 spiro atoms. The lowest BCUT2D eigenvalue weighted by molar-refractivity contribution is -0.122. The third-order valence-electron chi connectivity index (χ3n) is 5.08. The largest absolute Gasteiger partial charge is 0.493 e. The predicted octanol–water partition coefficient (Wildman–Crippen LogP) is 3.95. The lowest BCUT2D eigenvalue weighted by Crippen LogP contribution is -2.48. The molecule has 0 saturated heterocycles. The van der Waals surface area contributed by atoms with E-state index in [0.717, 1.165) is 0 Å². The number of rotatable bonds is 6. The van der Waals surface area contributed by atoms with E-state index in [1.54, 1.807) is 42.5 Å². The summed E-state index contributed by atoms with van der Waals surface area (Å²) in [5.41, 5.74) is 0.801. The van der Waals surface area contributed by atoms with E-state index in [2.05, 4.69) is 5.32 Å². The summed E-state index contributed by atoms with van der Waals surface area (Å²) in [4.78, 5) is 13.1. The Morgan fingerprint density at radius 1 is 1.03 bits per heavy atom. The standard InChI is InChI=1S/C23H21ClN2O6S/c1-30-20-12-9-16(13-21(20)31-2)25-23(27)22-14-26(18-5-3-4-6-19(18)32-22)33(28,29)17-10-7-15(24)8-11-17/h3-13,22H,14H2,1-2H3,(H,25,27)/t22-/m1/s1. The number of anilines is 2. The molecule has 0 fully saturated rings. The fourth-order valence-electron chi connectivity index (χ4n) is 3.44. The number of halogens is 1. The SMILES string of the molecule is COc1ccc(NC(=O)[C@H]2CN(S(=O)(=O)c3ccc(Cl)cc3)c3ccccc3O2)cc1OC. The van der Waals surface area contributed by atoms with Crippen molar-refractivity contribution in [2.45, 2.75) is 11.0 Å². The normalized spacial score (nSPS) is 15.2. The minimum Gasteiger partial charge on any atom is -0.493 e. The summed E-state index contributed by atoms with van der Waals surface area (Å²) >= 11 is 5.91. The van der Waals surface area contributed by atoms with Crippen LogP contribution < -0.4 is 23.8 Å². The number of carbonyl (C=O) groups excluding carboxylic acids is 1. The van der Waals surface area contributed by atoms with Crippen LogP contribution in [0.25, 0.3) is 0 Å². The second kappa shape index (κ2) is 9.21. The van der Waals surface area contributed by atoms with E-state index < -0.39 is 22.0 Å². The quantitative estimate of drug-likeness (QED) is 0.564. The van der Waals surface area contributed by atoms with E-state index in [4.69, 9.17) is 25.8 Å². The maximum absolute atomic E-state index is 13.4. The fraction of sp³-hybridized carbons (Fsp3) is 0.174. The molecule has 8 nitrogen and oxygen atoms in total. The van der Waals surface area contributed by atoms with Gasteiger partial charge in [-0.3, -0.25) is 9.10 Å². The first-order chi connectivity index (χ1) is 15.8. The van der Waals surface area contributed by atoms with Crippen LogP contribution in [0.1, 0.15) is 0 Å². The molecular formula is C23H21ClN2O6S. The minimum atomic E-state index is -3.97. The van der Waals surface area contributed by atoms with Crippen LogP contribution in [0.2, 0.25) is 5.02 Å². The van der Waals surface area contributed by atoms with Crippen LogP contribution in [0.3, 0.4) is 0 Å². The maximum Gasteiger partial charge on any atom is 0.267 e. The smallest absolute Gasteiger partial charge is 0.267 e. The number of hydrogen-bond donors (Lipinski definition) is 1. The van der Waals surface area contributed by atoms with E-state index in [0.29, 0.717) is 27.9 Å². The molecule has 0 bridgehead atoms. The number of ether oxygens (including phenoxy) is 3. The number of sulfonamides is 1. The first-order valence-electron chi connectivity index (χ1n) is 9.90. The van der Waals surface area contributed by atoms with Gasteiger partial charge in [-0.05, 0) is 48.5 Å². The van der Waals surface area contributed by atoms with Gasteiger partial charge in [0.2, 0.25) is 0 Å². The van der Waals surface area contributed by atoms with E-state index in [1.165, 1.54) is 42.8 Å². The van der Waals surface area contributed by atoms with Gasteiger partial charge in [0.25, 0.3) is 15.9 Å². The fourth-order valence-corrected chi connectivity index (χ4v) is 5.04. The average molecular weight is 489 g/mol. The molecule has 1 aliphatic rings. The molecule has 0 unspecified atom stereocenters. The molecule has 33 heavy (non-hydrogen) atoms. The number of hydrogen-bond acceptors (Lipinski definition) is 6. The lowest BCUT2D eigenvalue weighted by atomic mass is 10.2. The van der Waals surface area contributed by atoms with Crippen molar-refractivity contribution >= 4 is 38.9 Å². The Morgan fingerprint density at radius 2 is 1.73 bits per heavy atom.